The van der Waals surface area contributed by atoms with E-state index in [1.807, 2.05) is 7.11 Å². The van der Waals surface area contributed by atoms with Crippen LogP contribution >= 0.6 is 0 Å². The Bertz CT molecular complexity index is 221. The molecule has 2 unspecified atom stereocenters. The molecule has 1 rings (SSSR count). The molecule has 0 radical (unpaired) electrons. The van der Waals surface area contributed by atoms with Crippen molar-refractivity contribution in [3.05, 3.63) is 0 Å². The molecule has 2 heteroatoms. The first-order chi connectivity index (χ1) is 9.76. The van der Waals surface area contributed by atoms with Gasteiger partial charge < -0.3 is 10.1 Å². The zero-order valence-electron chi connectivity index (χ0n) is 14.3. The van der Waals surface area contributed by atoms with E-state index in [9.17, 15) is 0 Å². The summed E-state index contributed by atoms with van der Waals surface area (Å²) < 4.78 is 5.98. The maximum absolute atomic E-state index is 5.98. The van der Waals surface area contributed by atoms with Gasteiger partial charge in [0.1, 0.15) is 0 Å². The highest BCUT2D eigenvalue weighted by Gasteiger charge is 2.31. The van der Waals surface area contributed by atoms with Crippen LogP contribution in [0.5, 0.6) is 0 Å². The van der Waals surface area contributed by atoms with E-state index in [1.165, 1.54) is 57.8 Å². The molecule has 120 valence electrons. The van der Waals surface area contributed by atoms with Gasteiger partial charge in [0, 0.05) is 13.2 Å². The second kappa shape index (κ2) is 10.6. The predicted octanol–water partition coefficient (Wildman–Crippen LogP) is 4.78. The molecule has 1 aliphatic rings. The average molecular weight is 284 g/mol. The van der Waals surface area contributed by atoms with Crippen molar-refractivity contribution in [2.24, 2.45) is 11.8 Å². The summed E-state index contributed by atoms with van der Waals surface area (Å²) in [5.74, 6) is 1.61. The van der Waals surface area contributed by atoms with Crippen molar-refractivity contribution in [2.45, 2.75) is 90.7 Å². The van der Waals surface area contributed by atoms with Crippen LogP contribution in [0.2, 0.25) is 0 Å². The molecule has 0 aliphatic heterocycles. The Morgan fingerprint density at radius 3 is 2.20 bits per heavy atom. The van der Waals surface area contributed by atoms with Crippen LogP contribution in [0.15, 0.2) is 0 Å². The van der Waals surface area contributed by atoms with E-state index in [2.05, 4.69) is 26.1 Å². The molecule has 2 atom stereocenters. The zero-order chi connectivity index (χ0) is 14.8. The van der Waals surface area contributed by atoms with Crippen LogP contribution in [0.4, 0.5) is 0 Å². The van der Waals surface area contributed by atoms with E-state index in [0.717, 1.165) is 18.4 Å². The molecule has 1 N–H and O–H groups in total. The van der Waals surface area contributed by atoms with Gasteiger partial charge in [-0.2, -0.15) is 0 Å². The molecule has 0 aromatic carbocycles. The normalized spacial score (nSPS) is 20.2. The van der Waals surface area contributed by atoms with Crippen LogP contribution in [0.1, 0.15) is 78.6 Å². The van der Waals surface area contributed by atoms with Gasteiger partial charge in [-0.05, 0) is 44.1 Å². The predicted molar refractivity (Wildman–Crippen MR) is 88.1 cm³/mol. The molecule has 1 saturated carbocycles. The summed E-state index contributed by atoms with van der Waals surface area (Å²) in [4.78, 5) is 0. The van der Waals surface area contributed by atoms with Gasteiger partial charge in [-0.3, -0.25) is 0 Å². The van der Waals surface area contributed by atoms with Gasteiger partial charge in [0.15, 0.2) is 0 Å². The van der Waals surface area contributed by atoms with E-state index in [-0.39, 0.29) is 0 Å². The number of hydrogen-bond donors (Lipinski definition) is 1. The van der Waals surface area contributed by atoms with Gasteiger partial charge >= 0.3 is 0 Å². The first-order valence-electron chi connectivity index (χ1n) is 9.02. The summed E-state index contributed by atoms with van der Waals surface area (Å²) in [6.07, 6.45) is 12.4. The molecule has 20 heavy (non-hydrogen) atoms. The number of ether oxygens (including phenoxy) is 1. The molecule has 2 nitrogen and oxygen atoms in total. The Balaban J connectivity index is 2.65. The third-order valence-electron chi connectivity index (χ3n) is 5.18. The van der Waals surface area contributed by atoms with E-state index >= 15 is 0 Å². The maximum Gasteiger partial charge on any atom is 0.0752 e. The number of hydrogen-bond acceptors (Lipinski definition) is 2. The molecule has 0 aromatic rings. The van der Waals surface area contributed by atoms with Crippen molar-refractivity contribution in [3.63, 3.8) is 0 Å². The first kappa shape index (κ1) is 18.0. The summed E-state index contributed by atoms with van der Waals surface area (Å²) in [5.41, 5.74) is 0. The minimum absolute atomic E-state index is 0.419. The summed E-state index contributed by atoms with van der Waals surface area (Å²) in [6, 6.07) is 0.549. The van der Waals surface area contributed by atoms with Gasteiger partial charge in [-0.25, -0.2) is 0 Å². The minimum Gasteiger partial charge on any atom is -0.380 e. The molecule has 0 heterocycles. The van der Waals surface area contributed by atoms with E-state index in [0.29, 0.717) is 12.1 Å². The van der Waals surface area contributed by atoms with Crippen LogP contribution in [0.3, 0.4) is 0 Å². The lowest BCUT2D eigenvalue weighted by atomic mass is 9.80. The lowest BCUT2D eigenvalue weighted by Crippen LogP contribution is -2.46. The standard InChI is InChI=1S/C18H37NO/c1-5-13-19-17(14-15(6-2)7-3)18(20-4)16-11-9-8-10-12-16/h15-19H,5-14H2,1-4H3. The summed E-state index contributed by atoms with van der Waals surface area (Å²) in [5, 5.41) is 3.79. The molecule has 0 bridgehead atoms. The van der Waals surface area contributed by atoms with Gasteiger partial charge in [-0.1, -0.05) is 52.9 Å². The van der Waals surface area contributed by atoms with E-state index in [1.54, 1.807) is 0 Å². The molecule has 0 amide bonds. The SMILES string of the molecule is CCCNC(CC(CC)CC)C(OC)C1CCCCC1. The van der Waals surface area contributed by atoms with E-state index in [4.69, 9.17) is 4.74 Å². The third-order valence-corrected chi connectivity index (χ3v) is 5.18. The molecule has 0 spiro atoms. The largest absolute Gasteiger partial charge is 0.380 e. The molecule has 0 aromatic heterocycles. The molecule has 0 saturated heterocycles. The smallest absolute Gasteiger partial charge is 0.0752 e. The van der Waals surface area contributed by atoms with Crippen molar-refractivity contribution in [2.75, 3.05) is 13.7 Å². The Kier molecular flexibility index (Phi) is 9.54. The maximum atomic E-state index is 5.98. The Morgan fingerprint density at radius 1 is 1.05 bits per heavy atom. The van der Waals surface area contributed by atoms with Crippen molar-refractivity contribution in [1.82, 2.24) is 5.32 Å². The molecular formula is C18H37NO. The highest BCUT2D eigenvalue weighted by atomic mass is 16.5. The lowest BCUT2D eigenvalue weighted by molar-refractivity contribution is 0.00174. The van der Waals surface area contributed by atoms with Crippen LogP contribution in [-0.2, 0) is 4.74 Å². The second-order valence-electron chi connectivity index (χ2n) is 6.58. The van der Waals surface area contributed by atoms with Crippen LogP contribution in [-0.4, -0.2) is 25.8 Å². The monoisotopic (exact) mass is 283 g/mol. The number of methoxy groups -OCH3 is 1. The summed E-state index contributed by atoms with van der Waals surface area (Å²) in [7, 11) is 1.92. The van der Waals surface area contributed by atoms with Gasteiger partial charge in [0.25, 0.3) is 0 Å². The number of nitrogens with one attached hydrogen (secondary N) is 1. The molecule has 1 aliphatic carbocycles. The van der Waals surface area contributed by atoms with Crippen molar-refractivity contribution in [3.8, 4) is 0 Å². The topological polar surface area (TPSA) is 21.3 Å². The fourth-order valence-electron chi connectivity index (χ4n) is 3.79. The Labute approximate surface area is 127 Å². The van der Waals surface area contributed by atoms with Crippen molar-refractivity contribution in [1.29, 1.82) is 0 Å². The summed E-state index contributed by atoms with van der Waals surface area (Å²) >= 11 is 0. The van der Waals surface area contributed by atoms with Gasteiger partial charge in [-0.15, -0.1) is 0 Å². The minimum atomic E-state index is 0.419. The fraction of sp³-hybridized carbons (Fsp3) is 1.00. The van der Waals surface area contributed by atoms with Crippen LogP contribution in [0, 0.1) is 11.8 Å². The highest BCUT2D eigenvalue weighted by Crippen LogP contribution is 2.31. The third kappa shape index (κ3) is 5.73. The first-order valence-corrected chi connectivity index (χ1v) is 9.02. The average Bonchev–Trinajstić information content (AvgIpc) is 2.51. The lowest BCUT2D eigenvalue weighted by Gasteiger charge is -2.37. The van der Waals surface area contributed by atoms with E-state index < -0.39 is 0 Å². The van der Waals surface area contributed by atoms with Crippen molar-refractivity contribution >= 4 is 0 Å². The van der Waals surface area contributed by atoms with Crippen LogP contribution < -0.4 is 5.32 Å². The van der Waals surface area contributed by atoms with Crippen LogP contribution in [0.25, 0.3) is 0 Å². The molecular weight excluding hydrogens is 246 g/mol. The Morgan fingerprint density at radius 2 is 1.70 bits per heavy atom. The van der Waals surface area contributed by atoms with Gasteiger partial charge in [0.2, 0.25) is 0 Å². The molecule has 1 fully saturated rings. The Hall–Kier alpha value is -0.0800. The highest BCUT2D eigenvalue weighted by molar-refractivity contribution is 4.86. The van der Waals surface area contributed by atoms with Crippen molar-refractivity contribution < 1.29 is 4.74 Å². The fourth-order valence-corrected chi connectivity index (χ4v) is 3.79. The zero-order valence-corrected chi connectivity index (χ0v) is 14.3. The number of rotatable bonds is 10. The van der Waals surface area contributed by atoms with Gasteiger partial charge in [0.05, 0.1) is 6.10 Å². The quantitative estimate of drug-likeness (QED) is 0.623. The second-order valence-corrected chi connectivity index (χ2v) is 6.58. The summed E-state index contributed by atoms with van der Waals surface area (Å²) in [6.45, 7) is 8.03.